The maximum Gasteiger partial charge on any atom is 0.416 e. The molecule has 0 heterocycles. The smallest absolute Gasteiger partial charge is 0.353 e. The first kappa shape index (κ1) is 20.8. The van der Waals surface area contributed by atoms with Gasteiger partial charge < -0.3 is 11.1 Å². The highest BCUT2D eigenvalue weighted by molar-refractivity contribution is 5.85. The quantitative estimate of drug-likeness (QED) is 0.848. The van der Waals surface area contributed by atoms with E-state index in [1.54, 1.807) is 0 Å². The normalized spacial score (nSPS) is 22.4. The molecule has 0 radical (unpaired) electrons. The van der Waals surface area contributed by atoms with E-state index >= 15 is 0 Å². The van der Waals surface area contributed by atoms with Gasteiger partial charge in [-0.15, -0.1) is 12.4 Å². The topological polar surface area (TPSA) is 55.1 Å². The standard InChI is InChI=1S/C17H23F3N2O.ClH/c1-11(12-2-4-13(5-3-12)17(18,19)20)10-16(23)22-15-8-6-14(21)7-9-15;/h2-5,11,14-15H,6-10,21H2,1H3,(H,22,23);1H. The van der Waals surface area contributed by atoms with Crippen molar-refractivity contribution in [2.75, 3.05) is 0 Å². The molecule has 1 unspecified atom stereocenters. The number of nitrogens with one attached hydrogen (secondary N) is 1. The lowest BCUT2D eigenvalue weighted by Gasteiger charge is -2.27. The minimum absolute atomic E-state index is 0. The van der Waals surface area contributed by atoms with Gasteiger partial charge in [-0.05, 0) is 49.3 Å². The van der Waals surface area contributed by atoms with Gasteiger partial charge in [0.1, 0.15) is 0 Å². The molecule has 2 rings (SSSR count). The van der Waals surface area contributed by atoms with Gasteiger partial charge in [-0.2, -0.15) is 13.2 Å². The number of benzene rings is 1. The molecule has 7 heteroatoms. The molecule has 0 saturated heterocycles. The monoisotopic (exact) mass is 364 g/mol. The number of hydrogen-bond acceptors (Lipinski definition) is 2. The number of hydrogen-bond donors (Lipinski definition) is 2. The highest BCUT2D eigenvalue weighted by Crippen LogP contribution is 2.30. The van der Waals surface area contributed by atoms with Crippen molar-refractivity contribution in [1.29, 1.82) is 0 Å². The number of carbonyl (C=O) groups is 1. The van der Waals surface area contributed by atoms with Crippen LogP contribution in [0.5, 0.6) is 0 Å². The Morgan fingerprint density at radius 3 is 2.25 bits per heavy atom. The van der Waals surface area contributed by atoms with Crippen LogP contribution >= 0.6 is 12.4 Å². The Morgan fingerprint density at radius 1 is 1.21 bits per heavy atom. The van der Waals surface area contributed by atoms with Crippen LogP contribution < -0.4 is 11.1 Å². The molecule has 0 aliphatic heterocycles. The molecule has 1 fully saturated rings. The number of halogens is 4. The molecule has 0 bridgehead atoms. The molecule has 3 nitrogen and oxygen atoms in total. The van der Waals surface area contributed by atoms with Crippen LogP contribution in [-0.4, -0.2) is 18.0 Å². The summed E-state index contributed by atoms with van der Waals surface area (Å²) in [4.78, 5) is 12.1. The van der Waals surface area contributed by atoms with E-state index in [2.05, 4.69) is 5.32 Å². The first-order valence-electron chi connectivity index (χ1n) is 7.98. The molecule has 1 amide bonds. The third-order valence-electron chi connectivity index (χ3n) is 4.44. The minimum Gasteiger partial charge on any atom is -0.353 e. The van der Waals surface area contributed by atoms with E-state index in [-0.39, 0.29) is 42.7 Å². The van der Waals surface area contributed by atoms with E-state index in [1.807, 2.05) is 6.92 Å². The van der Waals surface area contributed by atoms with Gasteiger partial charge in [0.05, 0.1) is 5.56 Å². The molecule has 24 heavy (non-hydrogen) atoms. The molecule has 0 aromatic heterocycles. The predicted molar refractivity (Wildman–Crippen MR) is 90.1 cm³/mol. The van der Waals surface area contributed by atoms with Gasteiger partial charge in [0.15, 0.2) is 0 Å². The molecule has 1 saturated carbocycles. The minimum atomic E-state index is -4.33. The zero-order valence-electron chi connectivity index (χ0n) is 13.6. The number of nitrogens with two attached hydrogens (primary N) is 1. The summed E-state index contributed by atoms with van der Waals surface area (Å²) in [5.74, 6) is -0.180. The lowest BCUT2D eigenvalue weighted by Crippen LogP contribution is -2.40. The summed E-state index contributed by atoms with van der Waals surface area (Å²) in [7, 11) is 0. The van der Waals surface area contributed by atoms with E-state index < -0.39 is 11.7 Å². The van der Waals surface area contributed by atoms with Gasteiger partial charge in [-0.1, -0.05) is 19.1 Å². The highest BCUT2D eigenvalue weighted by Gasteiger charge is 2.30. The van der Waals surface area contributed by atoms with Crippen molar-refractivity contribution in [3.05, 3.63) is 35.4 Å². The first-order valence-corrected chi connectivity index (χ1v) is 7.98. The van der Waals surface area contributed by atoms with Crippen LogP contribution in [-0.2, 0) is 11.0 Å². The Bertz CT molecular complexity index is 526. The molecule has 0 spiro atoms. The highest BCUT2D eigenvalue weighted by atomic mass is 35.5. The van der Waals surface area contributed by atoms with Crippen molar-refractivity contribution in [2.45, 2.75) is 63.2 Å². The Balaban J connectivity index is 0.00000288. The summed E-state index contributed by atoms with van der Waals surface area (Å²) in [5, 5.41) is 3.00. The second-order valence-corrected chi connectivity index (χ2v) is 6.40. The van der Waals surface area contributed by atoms with Crippen molar-refractivity contribution in [1.82, 2.24) is 5.32 Å². The van der Waals surface area contributed by atoms with Gasteiger partial charge in [-0.25, -0.2) is 0 Å². The fraction of sp³-hybridized carbons (Fsp3) is 0.588. The third-order valence-corrected chi connectivity index (χ3v) is 4.44. The Kier molecular flexibility index (Phi) is 7.55. The molecule has 1 aromatic rings. The van der Waals surface area contributed by atoms with Crippen molar-refractivity contribution in [3.63, 3.8) is 0 Å². The maximum atomic E-state index is 12.5. The number of amides is 1. The SMILES string of the molecule is CC(CC(=O)NC1CCC(N)CC1)c1ccc(C(F)(F)F)cc1.Cl. The fourth-order valence-corrected chi connectivity index (χ4v) is 2.95. The van der Waals surface area contributed by atoms with Crippen LogP contribution in [0.1, 0.15) is 56.1 Å². The van der Waals surface area contributed by atoms with Crippen LogP contribution in [0.3, 0.4) is 0 Å². The van der Waals surface area contributed by atoms with Crippen molar-refractivity contribution >= 4 is 18.3 Å². The van der Waals surface area contributed by atoms with Gasteiger partial charge in [0, 0.05) is 18.5 Å². The van der Waals surface area contributed by atoms with Gasteiger partial charge in [0.2, 0.25) is 5.91 Å². The maximum absolute atomic E-state index is 12.5. The molecule has 136 valence electrons. The second kappa shape index (κ2) is 8.72. The van der Waals surface area contributed by atoms with Gasteiger partial charge in [0.25, 0.3) is 0 Å². The molecular formula is C17H24ClF3N2O. The van der Waals surface area contributed by atoms with Crippen LogP contribution in [0.4, 0.5) is 13.2 Å². The summed E-state index contributed by atoms with van der Waals surface area (Å²) in [6.07, 6.45) is -0.448. The van der Waals surface area contributed by atoms with E-state index in [9.17, 15) is 18.0 Å². The van der Waals surface area contributed by atoms with Gasteiger partial charge >= 0.3 is 6.18 Å². The number of alkyl halides is 3. The van der Waals surface area contributed by atoms with E-state index in [4.69, 9.17) is 5.73 Å². The molecule has 1 aliphatic rings. The van der Waals surface area contributed by atoms with E-state index in [1.165, 1.54) is 12.1 Å². The zero-order valence-corrected chi connectivity index (χ0v) is 14.4. The number of rotatable bonds is 4. The largest absolute Gasteiger partial charge is 0.416 e. The summed E-state index contributed by atoms with van der Waals surface area (Å²) in [6.45, 7) is 1.85. The zero-order chi connectivity index (χ0) is 17.0. The molecule has 3 N–H and O–H groups in total. The van der Waals surface area contributed by atoms with Crippen LogP contribution in [0, 0.1) is 0 Å². The average molecular weight is 365 g/mol. The summed E-state index contributed by atoms with van der Waals surface area (Å²) < 4.78 is 37.6. The van der Waals surface area contributed by atoms with Gasteiger partial charge in [-0.3, -0.25) is 4.79 Å². The van der Waals surface area contributed by atoms with Crippen LogP contribution in [0.25, 0.3) is 0 Å². The van der Waals surface area contributed by atoms with Crippen LogP contribution in [0.15, 0.2) is 24.3 Å². The lowest BCUT2D eigenvalue weighted by atomic mass is 9.91. The Labute approximate surface area is 146 Å². The third kappa shape index (κ3) is 5.98. The number of carbonyl (C=O) groups excluding carboxylic acids is 1. The Morgan fingerprint density at radius 2 is 1.75 bits per heavy atom. The molecule has 1 aromatic carbocycles. The molecule has 1 aliphatic carbocycles. The average Bonchev–Trinajstić information content (AvgIpc) is 2.49. The molecular weight excluding hydrogens is 341 g/mol. The van der Waals surface area contributed by atoms with Crippen LogP contribution in [0.2, 0.25) is 0 Å². The predicted octanol–water partition coefficient (Wildman–Crippen LogP) is 4.01. The van der Waals surface area contributed by atoms with Crippen molar-refractivity contribution in [3.8, 4) is 0 Å². The summed E-state index contributed by atoms with van der Waals surface area (Å²) >= 11 is 0. The van der Waals surface area contributed by atoms with Crippen molar-refractivity contribution in [2.24, 2.45) is 5.73 Å². The Hall–Kier alpha value is -1.27. The second-order valence-electron chi connectivity index (χ2n) is 6.40. The summed E-state index contributed by atoms with van der Waals surface area (Å²) in [5.41, 5.74) is 5.90. The fourth-order valence-electron chi connectivity index (χ4n) is 2.95. The van der Waals surface area contributed by atoms with E-state index in [0.29, 0.717) is 0 Å². The lowest BCUT2D eigenvalue weighted by molar-refractivity contribution is -0.137. The first-order chi connectivity index (χ1) is 10.8. The van der Waals surface area contributed by atoms with Crippen molar-refractivity contribution < 1.29 is 18.0 Å². The van der Waals surface area contributed by atoms with E-state index in [0.717, 1.165) is 43.4 Å². The molecule has 1 atom stereocenters. The summed E-state index contributed by atoms with van der Waals surface area (Å²) in [6, 6.07) is 5.41.